The zero-order valence-corrected chi connectivity index (χ0v) is 45.4. The summed E-state index contributed by atoms with van der Waals surface area (Å²) in [5.41, 5.74) is 3.99. The molecule has 0 unspecified atom stereocenters. The average Bonchev–Trinajstić information content (AvgIpc) is 4.25. The molecule has 0 bridgehead atoms. The van der Waals surface area contributed by atoms with Gasteiger partial charge in [0.25, 0.3) is 0 Å². The number of carbonyl (C=O) groups excluding carboxylic acids is 6. The second kappa shape index (κ2) is 24.6. The molecule has 2 fully saturated rings. The summed E-state index contributed by atoms with van der Waals surface area (Å²) >= 11 is 21.9. The van der Waals surface area contributed by atoms with Crippen molar-refractivity contribution in [1.29, 1.82) is 0 Å². The Bertz CT molecular complexity index is 2680. The van der Waals surface area contributed by atoms with Gasteiger partial charge in [-0.3, -0.25) is 19.2 Å². The fraction of sp³-hybridized carbons (Fsp3) is 0.444. The summed E-state index contributed by atoms with van der Waals surface area (Å²) in [5, 5.41) is 6.28. The molecule has 2 N–H and O–H groups in total. The van der Waals surface area contributed by atoms with E-state index in [0.29, 0.717) is 48.3 Å². The van der Waals surface area contributed by atoms with Crippen molar-refractivity contribution in [2.75, 3.05) is 24.9 Å². The smallest absolute Gasteiger partial charge is 0.328 e. The number of benzene rings is 2. The van der Waals surface area contributed by atoms with Crippen LogP contribution >= 0.6 is 69.1 Å². The minimum atomic E-state index is -0.905. The first-order valence-corrected chi connectivity index (χ1v) is 28.2. The van der Waals surface area contributed by atoms with Gasteiger partial charge in [-0.15, -0.1) is 69.1 Å². The number of nitrogens with zero attached hydrogens (tertiary/aromatic N) is 2. The van der Waals surface area contributed by atoms with Crippen LogP contribution in [0.5, 0.6) is 0 Å². The number of esters is 2. The van der Waals surface area contributed by atoms with Crippen molar-refractivity contribution in [3.05, 3.63) is 116 Å². The van der Waals surface area contributed by atoms with Gasteiger partial charge in [0, 0.05) is 58.9 Å². The molecular formula is C54H60Cl4N4O8S2. The lowest BCUT2D eigenvalue weighted by atomic mass is 9.65. The third-order valence-corrected chi connectivity index (χ3v) is 16.5. The molecule has 384 valence electrons. The van der Waals surface area contributed by atoms with Crippen molar-refractivity contribution in [3.8, 4) is 0 Å². The number of unbranched alkanes of at least 4 members (excludes halogenated alkanes) is 2. The summed E-state index contributed by atoms with van der Waals surface area (Å²) in [6.45, 7) is 4.21. The lowest BCUT2D eigenvalue weighted by Gasteiger charge is -2.56. The van der Waals surface area contributed by atoms with E-state index in [1.54, 1.807) is 9.80 Å². The van der Waals surface area contributed by atoms with Crippen LogP contribution in [0.1, 0.15) is 120 Å². The highest BCUT2D eigenvalue weighted by Crippen LogP contribution is 2.55. The number of alkyl halides is 4. The van der Waals surface area contributed by atoms with E-state index in [2.05, 4.69) is 23.8 Å². The van der Waals surface area contributed by atoms with E-state index < -0.39 is 46.9 Å². The number of para-hydroxylation sites is 2. The molecule has 0 spiro atoms. The van der Waals surface area contributed by atoms with E-state index in [0.717, 1.165) is 70.0 Å². The van der Waals surface area contributed by atoms with Crippen LogP contribution in [0.3, 0.4) is 0 Å². The Morgan fingerprint density at radius 3 is 1.32 bits per heavy atom. The van der Waals surface area contributed by atoms with E-state index in [1.807, 2.05) is 83.6 Å². The number of piperidine rings is 2. The molecule has 0 aliphatic carbocycles. The molecule has 4 aliphatic rings. The molecule has 12 nitrogen and oxygen atoms in total. The quantitative estimate of drug-likeness (QED) is 0.0696. The molecule has 72 heavy (non-hydrogen) atoms. The highest BCUT2D eigenvalue weighted by atomic mass is 35.5. The van der Waals surface area contributed by atoms with Crippen LogP contribution in [0, 0.1) is 11.8 Å². The number of H-pyrrole nitrogens is 2. The Morgan fingerprint density at radius 1 is 0.611 bits per heavy atom. The maximum Gasteiger partial charge on any atom is 0.328 e. The number of ketones is 2. The van der Waals surface area contributed by atoms with Crippen molar-refractivity contribution < 1.29 is 38.2 Å². The maximum absolute atomic E-state index is 13.9. The number of amides is 2. The topological polar surface area (TPSA) is 159 Å². The minimum absolute atomic E-state index is 0.0497. The number of thiophene rings is 2. The summed E-state index contributed by atoms with van der Waals surface area (Å²) in [5.74, 6) is -1.78. The zero-order valence-electron chi connectivity index (χ0n) is 40.8. The third kappa shape index (κ3) is 10.1. The van der Waals surface area contributed by atoms with Gasteiger partial charge in [0.15, 0.2) is 11.6 Å². The number of ether oxygens (including phenoxy) is 2. The van der Waals surface area contributed by atoms with Gasteiger partial charge < -0.3 is 29.2 Å². The molecule has 2 amide bonds. The van der Waals surface area contributed by atoms with Gasteiger partial charge in [-0.1, -0.05) is 88.1 Å². The van der Waals surface area contributed by atoms with Gasteiger partial charge in [0.1, 0.15) is 12.1 Å². The number of carbonyl (C=O) groups is 6. The molecule has 18 heteroatoms. The first-order valence-electron chi connectivity index (χ1n) is 24.3. The number of aromatic amines is 2. The lowest BCUT2D eigenvalue weighted by molar-refractivity contribution is -0.168. The van der Waals surface area contributed by atoms with Crippen molar-refractivity contribution in [2.45, 2.75) is 114 Å². The molecule has 0 radical (unpaired) electrons. The summed E-state index contributed by atoms with van der Waals surface area (Å²) in [4.78, 5) is 93.0. The van der Waals surface area contributed by atoms with Gasteiger partial charge in [0.2, 0.25) is 11.8 Å². The van der Waals surface area contributed by atoms with Crippen LogP contribution in [0.25, 0.3) is 21.8 Å². The third-order valence-electron chi connectivity index (χ3n) is 14.7. The summed E-state index contributed by atoms with van der Waals surface area (Å²) in [6.07, 6.45) is 6.94. The SMILES string of the molecule is CCCC[C@]12c3[nH]c4ccccc4c3C[C@@H](C(=O)OC)N1C(=O)CC[C@@H]2C(=O)c1cccs1.CCCC[C@]12c3[nH]c4ccccc4c3C[C@@H](C(=O)OC)N1C(=O)CC[C@@H]2C(=O)c1cccs1.ClCCl.ClCCl. The molecule has 8 heterocycles. The molecule has 2 aromatic carbocycles. The molecule has 10 rings (SSSR count). The molecule has 4 aromatic heterocycles. The predicted octanol–water partition coefficient (Wildman–Crippen LogP) is 12.5. The van der Waals surface area contributed by atoms with Gasteiger partial charge >= 0.3 is 11.9 Å². The van der Waals surface area contributed by atoms with Gasteiger partial charge in [-0.2, -0.15) is 0 Å². The van der Waals surface area contributed by atoms with Gasteiger partial charge in [-0.25, -0.2) is 9.59 Å². The normalized spacial score (nSPS) is 22.9. The van der Waals surface area contributed by atoms with Crippen LogP contribution in [-0.2, 0) is 52.6 Å². The molecule has 6 aromatic rings. The number of halogens is 4. The van der Waals surface area contributed by atoms with Gasteiger partial charge in [0.05, 0.1) is 57.6 Å². The second-order valence-electron chi connectivity index (χ2n) is 18.2. The Labute approximate surface area is 448 Å². The number of nitrogens with one attached hydrogen (secondary N) is 2. The fourth-order valence-corrected chi connectivity index (χ4v) is 13.4. The van der Waals surface area contributed by atoms with Gasteiger partial charge in [-0.05, 0) is 71.8 Å². The van der Waals surface area contributed by atoms with Crippen LogP contribution in [0.15, 0.2) is 83.6 Å². The van der Waals surface area contributed by atoms with Crippen LogP contribution in [0.4, 0.5) is 0 Å². The summed E-state index contributed by atoms with van der Waals surface area (Å²) in [7, 11) is 2.73. The fourth-order valence-electron chi connectivity index (χ4n) is 11.9. The Balaban J connectivity index is 0.000000191. The minimum Gasteiger partial charge on any atom is -0.467 e. The molecule has 0 saturated carbocycles. The predicted molar refractivity (Wildman–Crippen MR) is 288 cm³/mol. The molecule has 2 saturated heterocycles. The monoisotopic (exact) mass is 1100 g/mol. The van der Waals surface area contributed by atoms with E-state index in [9.17, 15) is 28.8 Å². The summed E-state index contributed by atoms with van der Waals surface area (Å²) < 4.78 is 10.4. The van der Waals surface area contributed by atoms with Crippen LogP contribution in [-0.4, -0.2) is 92.1 Å². The Morgan fingerprint density at radius 2 is 0.986 bits per heavy atom. The van der Waals surface area contributed by atoms with E-state index in [1.165, 1.54) is 36.9 Å². The molecular weight excluding hydrogens is 1040 g/mol. The van der Waals surface area contributed by atoms with Crippen molar-refractivity contribution in [1.82, 2.24) is 19.8 Å². The van der Waals surface area contributed by atoms with E-state index in [4.69, 9.17) is 55.9 Å². The standard InChI is InChI=1S/2C26H28N2O4S.2CH2Cl2/c2*1-3-4-13-26-18(23(30)21-10-7-14-33-21)11-12-22(29)28(26)20(25(31)32-2)15-17-16-8-5-6-9-19(16)27-24(17)26;2*2-1-3/h2*5-10,14,18,20,27H,3-4,11-13,15H2,1-2H3;2*1H2/t2*18-,20+,26+;;/m11../s1. The highest BCUT2D eigenvalue weighted by molar-refractivity contribution is 7.12. The molecule has 4 aliphatic heterocycles. The number of rotatable bonds is 12. The first-order chi connectivity index (χ1) is 34.9. The lowest BCUT2D eigenvalue weighted by Crippen LogP contribution is -2.67. The van der Waals surface area contributed by atoms with Crippen molar-refractivity contribution in [3.63, 3.8) is 0 Å². The number of fused-ring (bicyclic) bond motifs is 10. The number of Topliss-reactive ketones (excluding diaryl/α,β-unsaturated/α-hetero) is 2. The number of hydrogen-bond donors (Lipinski definition) is 2. The Hall–Kier alpha value is -4.70. The highest BCUT2D eigenvalue weighted by Gasteiger charge is 2.62. The first kappa shape index (κ1) is 55.1. The van der Waals surface area contributed by atoms with E-state index >= 15 is 0 Å². The largest absolute Gasteiger partial charge is 0.467 e. The maximum atomic E-state index is 13.9. The van der Waals surface area contributed by atoms with Crippen LogP contribution < -0.4 is 0 Å². The number of aromatic nitrogens is 2. The molecule has 6 atom stereocenters. The summed E-state index contributed by atoms with van der Waals surface area (Å²) in [6, 6.07) is 22.0. The second-order valence-corrected chi connectivity index (χ2v) is 21.7. The average molecular weight is 1100 g/mol. The zero-order chi connectivity index (χ0) is 51.7. The number of methoxy groups -OCH3 is 2. The Kier molecular flexibility index (Phi) is 18.8. The number of hydrogen-bond acceptors (Lipinski definition) is 10. The van der Waals surface area contributed by atoms with Crippen LogP contribution in [0.2, 0.25) is 0 Å². The van der Waals surface area contributed by atoms with E-state index in [-0.39, 0.29) is 46.9 Å². The van der Waals surface area contributed by atoms with Crippen molar-refractivity contribution >= 4 is 126 Å². The van der Waals surface area contributed by atoms with Crippen molar-refractivity contribution in [2.24, 2.45) is 11.8 Å².